The van der Waals surface area contributed by atoms with E-state index in [2.05, 4.69) is 5.32 Å². The highest BCUT2D eigenvalue weighted by Crippen LogP contribution is 2.29. The zero-order chi connectivity index (χ0) is 18.7. The molecule has 2 aromatic carbocycles. The third kappa shape index (κ3) is 3.62. The first-order valence-electron chi connectivity index (χ1n) is 8.39. The van der Waals surface area contributed by atoms with Gasteiger partial charge in [0.1, 0.15) is 11.4 Å². The zero-order valence-electron chi connectivity index (χ0n) is 14.4. The second-order valence-corrected chi connectivity index (χ2v) is 8.14. The predicted octanol–water partition coefficient (Wildman–Crippen LogP) is 1.97. The van der Waals surface area contributed by atoms with Crippen LogP contribution in [0, 0.1) is 0 Å². The third-order valence-corrected chi connectivity index (χ3v) is 6.10. The van der Waals surface area contributed by atoms with Gasteiger partial charge in [0.2, 0.25) is 5.91 Å². The quantitative estimate of drug-likeness (QED) is 0.840. The molecule has 3 rings (SSSR count). The number of rotatable bonds is 6. The number of nitrogens with zero attached hydrogens (tertiary/aromatic N) is 1. The first-order valence-corrected chi connectivity index (χ1v) is 9.83. The van der Waals surface area contributed by atoms with Crippen LogP contribution in [0.5, 0.6) is 0 Å². The highest BCUT2D eigenvalue weighted by molar-refractivity contribution is 7.90. The number of carbonyl (C=O) groups excluding carboxylic acids is 2. The van der Waals surface area contributed by atoms with Gasteiger partial charge in [-0.05, 0) is 37.5 Å². The lowest BCUT2D eigenvalue weighted by atomic mass is 10.1. The largest absolute Gasteiger partial charge is 0.352 e. The molecule has 0 spiro atoms. The van der Waals surface area contributed by atoms with Crippen molar-refractivity contribution >= 4 is 21.8 Å². The minimum Gasteiger partial charge on any atom is -0.352 e. The number of fused-ring (bicyclic) bond motifs is 1. The van der Waals surface area contributed by atoms with Crippen molar-refractivity contribution in [1.82, 2.24) is 9.62 Å². The van der Waals surface area contributed by atoms with Crippen molar-refractivity contribution in [2.75, 3.05) is 6.54 Å². The van der Waals surface area contributed by atoms with E-state index in [4.69, 9.17) is 0 Å². The van der Waals surface area contributed by atoms with Crippen LogP contribution in [0.2, 0.25) is 0 Å². The molecule has 1 heterocycles. The Kier molecular flexibility index (Phi) is 5.08. The van der Waals surface area contributed by atoms with Gasteiger partial charge in [0, 0.05) is 6.04 Å². The Morgan fingerprint density at radius 3 is 2.42 bits per heavy atom. The van der Waals surface area contributed by atoms with Crippen LogP contribution in [0.3, 0.4) is 0 Å². The van der Waals surface area contributed by atoms with Crippen molar-refractivity contribution in [3.63, 3.8) is 0 Å². The molecule has 1 aliphatic rings. The van der Waals surface area contributed by atoms with E-state index in [1.807, 2.05) is 37.3 Å². The summed E-state index contributed by atoms with van der Waals surface area (Å²) in [7, 11) is -3.96. The summed E-state index contributed by atoms with van der Waals surface area (Å²) in [4.78, 5) is 24.5. The van der Waals surface area contributed by atoms with Crippen molar-refractivity contribution in [2.24, 2.45) is 0 Å². The summed E-state index contributed by atoms with van der Waals surface area (Å²) in [6.45, 7) is 1.35. The Balaban J connectivity index is 1.59. The molecule has 0 radical (unpaired) electrons. The highest BCUT2D eigenvalue weighted by atomic mass is 32.2. The van der Waals surface area contributed by atoms with Gasteiger partial charge >= 0.3 is 0 Å². The number of hydrogen-bond donors (Lipinski definition) is 1. The van der Waals surface area contributed by atoms with Gasteiger partial charge in [0.15, 0.2) is 0 Å². The molecule has 1 unspecified atom stereocenters. The molecule has 1 aliphatic heterocycles. The van der Waals surface area contributed by atoms with E-state index < -0.39 is 28.4 Å². The van der Waals surface area contributed by atoms with E-state index >= 15 is 0 Å². The second-order valence-electron chi connectivity index (χ2n) is 6.31. The maximum atomic E-state index is 12.5. The van der Waals surface area contributed by atoms with E-state index in [1.54, 1.807) is 12.1 Å². The van der Waals surface area contributed by atoms with Crippen LogP contribution in [0.1, 0.15) is 29.3 Å². The molecular formula is C19H20N2O4S. The molecule has 0 aromatic heterocycles. The number of amides is 2. The number of benzene rings is 2. The summed E-state index contributed by atoms with van der Waals surface area (Å²) in [5, 5.41) is 2.76. The number of sulfonamides is 1. The second kappa shape index (κ2) is 7.29. The lowest BCUT2D eigenvalue weighted by molar-refractivity contribution is -0.121. The zero-order valence-corrected chi connectivity index (χ0v) is 15.2. The van der Waals surface area contributed by atoms with Gasteiger partial charge in [-0.1, -0.05) is 42.5 Å². The molecule has 0 saturated carbocycles. The van der Waals surface area contributed by atoms with Crippen molar-refractivity contribution in [2.45, 2.75) is 30.7 Å². The first-order chi connectivity index (χ1) is 12.4. The topological polar surface area (TPSA) is 83.6 Å². The lowest BCUT2D eigenvalue weighted by Gasteiger charge is -2.18. The average molecular weight is 372 g/mol. The summed E-state index contributed by atoms with van der Waals surface area (Å²) in [6.07, 6.45) is 1.52. The molecule has 0 saturated heterocycles. The maximum absolute atomic E-state index is 12.5. The Morgan fingerprint density at radius 2 is 1.73 bits per heavy atom. The molecule has 1 atom stereocenters. The van der Waals surface area contributed by atoms with Gasteiger partial charge in [-0.2, -0.15) is 0 Å². The van der Waals surface area contributed by atoms with E-state index in [9.17, 15) is 18.0 Å². The molecule has 136 valence electrons. The molecule has 2 amide bonds. The van der Waals surface area contributed by atoms with Crippen LogP contribution in [-0.4, -0.2) is 37.1 Å². The fourth-order valence-corrected chi connectivity index (χ4v) is 4.46. The maximum Gasteiger partial charge on any atom is 0.269 e. The van der Waals surface area contributed by atoms with Gasteiger partial charge in [-0.3, -0.25) is 9.59 Å². The van der Waals surface area contributed by atoms with E-state index in [0.717, 1.165) is 12.8 Å². The Bertz CT molecular complexity index is 926. The molecule has 0 fully saturated rings. The lowest BCUT2D eigenvalue weighted by Crippen LogP contribution is -2.43. The third-order valence-electron chi connectivity index (χ3n) is 4.32. The highest BCUT2D eigenvalue weighted by Gasteiger charge is 2.41. The molecule has 0 aliphatic carbocycles. The van der Waals surface area contributed by atoms with Crippen LogP contribution in [-0.2, 0) is 21.2 Å². The number of hydrogen-bond acceptors (Lipinski definition) is 4. The molecule has 26 heavy (non-hydrogen) atoms. The summed E-state index contributed by atoms with van der Waals surface area (Å²) in [5.41, 5.74) is 1.28. The fraction of sp³-hybridized carbons (Fsp3) is 0.263. The van der Waals surface area contributed by atoms with Crippen LogP contribution in [0.15, 0.2) is 59.5 Å². The SMILES string of the molecule is CC(CCc1ccccc1)NC(=O)CN1C(=O)c2ccccc2S1(=O)=O. The summed E-state index contributed by atoms with van der Waals surface area (Å²) < 4.78 is 25.5. The predicted molar refractivity (Wildman–Crippen MR) is 97.0 cm³/mol. The molecule has 0 bridgehead atoms. The van der Waals surface area contributed by atoms with Gasteiger partial charge < -0.3 is 5.32 Å². The van der Waals surface area contributed by atoms with E-state index in [1.165, 1.54) is 17.7 Å². The monoisotopic (exact) mass is 372 g/mol. The minimum absolute atomic E-state index is 0.0464. The van der Waals surface area contributed by atoms with E-state index in [-0.39, 0.29) is 16.5 Å². The molecule has 7 heteroatoms. The van der Waals surface area contributed by atoms with Crippen LogP contribution < -0.4 is 5.32 Å². The normalized spacial score (nSPS) is 16.2. The number of aryl methyl sites for hydroxylation is 1. The van der Waals surface area contributed by atoms with Gasteiger partial charge in [-0.25, -0.2) is 12.7 Å². The first kappa shape index (κ1) is 18.1. The number of nitrogens with one attached hydrogen (secondary N) is 1. The van der Waals surface area contributed by atoms with Crippen LogP contribution in [0.4, 0.5) is 0 Å². The van der Waals surface area contributed by atoms with Crippen molar-refractivity contribution in [3.8, 4) is 0 Å². The summed E-state index contributed by atoms with van der Waals surface area (Å²) in [6, 6.07) is 15.7. The Morgan fingerprint density at radius 1 is 1.08 bits per heavy atom. The number of carbonyl (C=O) groups is 2. The summed E-state index contributed by atoms with van der Waals surface area (Å²) in [5.74, 6) is -1.15. The van der Waals surface area contributed by atoms with E-state index in [0.29, 0.717) is 4.31 Å². The van der Waals surface area contributed by atoms with Crippen LogP contribution >= 0.6 is 0 Å². The minimum atomic E-state index is -3.96. The van der Waals surface area contributed by atoms with Gasteiger partial charge in [0.05, 0.1) is 5.56 Å². The fourth-order valence-electron chi connectivity index (χ4n) is 2.94. The standard InChI is InChI=1S/C19H20N2O4S/c1-14(11-12-15-7-3-2-4-8-15)20-18(22)13-21-19(23)16-9-5-6-10-17(16)26(21,24)25/h2-10,14H,11-13H2,1H3,(H,20,22). The van der Waals surface area contributed by atoms with Crippen molar-refractivity contribution in [1.29, 1.82) is 0 Å². The van der Waals surface area contributed by atoms with Gasteiger partial charge in [-0.15, -0.1) is 0 Å². The molecule has 6 nitrogen and oxygen atoms in total. The average Bonchev–Trinajstić information content (AvgIpc) is 2.82. The smallest absolute Gasteiger partial charge is 0.269 e. The van der Waals surface area contributed by atoms with Crippen LogP contribution in [0.25, 0.3) is 0 Å². The van der Waals surface area contributed by atoms with Crippen molar-refractivity contribution < 1.29 is 18.0 Å². The Hall–Kier alpha value is -2.67. The molecule has 2 aromatic rings. The van der Waals surface area contributed by atoms with Gasteiger partial charge in [0.25, 0.3) is 15.9 Å². The molecular weight excluding hydrogens is 352 g/mol. The van der Waals surface area contributed by atoms with Crippen molar-refractivity contribution in [3.05, 3.63) is 65.7 Å². The Labute approximate surface area is 152 Å². The summed E-state index contributed by atoms with van der Waals surface area (Å²) >= 11 is 0. The molecule has 1 N–H and O–H groups in total.